The second-order valence-corrected chi connectivity index (χ2v) is 8.45. The maximum Gasteiger partial charge on any atom is 0.291 e. The van der Waals surface area contributed by atoms with Gasteiger partial charge in [0.25, 0.3) is 11.8 Å². The first-order valence-electron chi connectivity index (χ1n) is 10.6. The molecule has 3 aliphatic rings. The van der Waals surface area contributed by atoms with Gasteiger partial charge in [0.05, 0.1) is 12.6 Å². The quantitative estimate of drug-likeness (QED) is 0.719. The minimum Gasteiger partial charge on any atom is -0.337 e. The van der Waals surface area contributed by atoms with Crippen LogP contribution >= 0.6 is 0 Å². The van der Waals surface area contributed by atoms with Crippen LogP contribution in [0.15, 0.2) is 36.6 Å². The van der Waals surface area contributed by atoms with E-state index in [4.69, 9.17) is 0 Å². The lowest BCUT2D eigenvalue weighted by atomic mass is 10.1. The molecule has 10 heteroatoms. The Morgan fingerprint density at radius 2 is 2.10 bits per heavy atom. The molecule has 2 aliphatic heterocycles. The average Bonchev–Trinajstić information content (AvgIpc) is 3.38. The van der Waals surface area contributed by atoms with Crippen LogP contribution < -0.4 is 10.7 Å². The molecule has 1 aliphatic carbocycles. The molecule has 2 fully saturated rings. The van der Waals surface area contributed by atoms with E-state index in [2.05, 4.69) is 31.9 Å². The second-order valence-electron chi connectivity index (χ2n) is 8.45. The van der Waals surface area contributed by atoms with Crippen molar-refractivity contribution < 1.29 is 9.59 Å². The maximum atomic E-state index is 13.0. The number of carbonyl (C=O) groups excluding carboxylic acids is 2. The Bertz CT molecular complexity index is 1030. The third-order valence-corrected chi connectivity index (χ3v) is 6.02. The Morgan fingerprint density at radius 3 is 2.84 bits per heavy atom. The lowest BCUT2D eigenvalue weighted by Gasteiger charge is -2.25. The highest BCUT2D eigenvalue weighted by Crippen LogP contribution is 2.37. The van der Waals surface area contributed by atoms with Gasteiger partial charge in [-0.2, -0.15) is 0 Å². The zero-order valence-corrected chi connectivity index (χ0v) is 17.7. The van der Waals surface area contributed by atoms with Gasteiger partial charge >= 0.3 is 0 Å². The van der Waals surface area contributed by atoms with Crippen LogP contribution in [-0.2, 0) is 11.3 Å². The lowest BCUT2D eigenvalue weighted by molar-refractivity contribution is -0.130. The molecular weight excluding hydrogens is 396 g/mol. The van der Waals surface area contributed by atoms with Crippen molar-refractivity contribution in [2.45, 2.75) is 44.8 Å². The Balaban J connectivity index is 1.23. The van der Waals surface area contributed by atoms with E-state index in [9.17, 15) is 9.59 Å². The number of fused-ring (bicyclic) bond motifs is 1. The highest BCUT2D eigenvalue weighted by molar-refractivity contribution is 5.95. The number of nitrogens with zero attached hydrogens (tertiary/aromatic N) is 6. The fourth-order valence-corrected chi connectivity index (χ4v) is 4.04. The van der Waals surface area contributed by atoms with Crippen LogP contribution in [0.1, 0.15) is 41.1 Å². The molecule has 10 nitrogen and oxygen atoms in total. The fourth-order valence-electron chi connectivity index (χ4n) is 4.04. The number of rotatable bonds is 5. The second kappa shape index (κ2) is 7.77. The monoisotopic (exact) mass is 422 g/mol. The molecule has 2 atom stereocenters. The van der Waals surface area contributed by atoms with E-state index < -0.39 is 11.9 Å². The fraction of sp³-hybridized carbons (Fsp3) is 0.476. The number of likely N-dealkylation sites (N-methyl/N-ethyl adjacent to an activating group) is 1. The minimum absolute atomic E-state index is 0.0476. The SMILES string of the molecule is Cc1ccc(Cn2cnc(C(=O)NC3CCN4NC(C5CC5)C=C4N(C)C3=O)n2)cn1. The molecular formula is C21H26N8O2. The largest absolute Gasteiger partial charge is 0.337 e. The van der Waals surface area contributed by atoms with Crippen LogP contribution in [0.4, 0.5) is 0 Å². The first kappa shape index (κ1) is 19.7. The number of hydrogen-bond acceptors (Lipinski definition) is 7. The van der Waals surface area contributed by atoms with Crippen molar-refractivity contribution in [3.8, 4) is 0 Å². The van der Waals surface area contributed by atoms with E-state index in [1.807, 2.05) is 24.1 Å². The van der Waals surface area contributed by atoms with Gasteiger partial charge in [-0.3, -0.25) is 24.5 Å². The number of hydrogen-bond donors (Lipinski definition) is 2. The molecule has 0 spiro atoms. The summed E-state index contributed by atoms with van der Waals surface area (Å²) in [5.74, 6) is 0.993. The van der Waals surface area contributed by atoms with Gasteiger partial charge in [-0.15, -0.1) is 5.10 Å². The average molecular weight is 422 g/mol. The standard InChI is InChI=1S/C21H26N8O2/c1-13-3-4-14(10-22-13)11-28-12-23-19(26-28)20(30)24-16-7-8-29-18(27(2)21(16)31)9-17(25-29)15-5-6-15/h3-4,9-10,12,15-17,25H,5-8,11H2,1-2H3,(H,24,30). The number of aromatic nitrogens is 4. The molecule has 0 bridgehead atoms. The molecule has 4 heterocycles. The summed E-state index contributed by atoms with van der Waals surface area (Å²) in [5, 5.41) is 9.10. The highest BCUT2D eigenvalue weighted by atomic mass is 16.2. The van der Waals surface area contributed by atoms with Gasteiger partial charge < -0.3 is 5.32 Å². The third kappa shape index (κ3) is 4.02. The Labute approximate surface area is 180 Å². The summed E-state index contributed by atoms with van der Waals surface area (Å²) in [5.41, 5.74) is 5.39. The van der Waals surface area contributed by atoms with Crippen molar-refractivity contribution in [1.29, 1.82) is 0 Å². The zero-order chi connectivity index (χ0) is 21.5. The number of carbonyl (C=O) groups is 2. The number of hydrazine groups is 1. The number of nitrogens with one attached hydrogen (secondary N) is 2. The number of aryl methyl sites for hydroxylation is 1. The predicted molar refractivity (Wildman–Crippen MR) is 111 cm³/mol. The van der Waals surface area contributed by atoms with E-state index >= 15 is 0 Å². The molecule has 2 unspecified atom stereocenters. The maximum absolute atomic E-state index is 13.0. The predicted octanol–water partition coefficient (Wildman–Crippen LogP) is 0.431. The van der Waals surface area contributed by atoms with Crippen molar-refractivity contribution in [3.05, 3.63) is 53.6 Å². The van der Waals surface area contributed by atoms with E-state index in [-0.39, 0.29) is 11.7 Å². The summed E-state index contributed by atoms with van der Waals surface area (Å²) in [6, 6.07) is 3.56. The van der Waals surface area contributed by atoms with Gasteiger partial charge in [0.2, 0.25) is 5.82 Å². The number of pyridine rings is 1. The van der Waals surface area contributed by atoms with Crippen molar-refractivity contribution >= 4 is 11.8 Å². The Morgan fingerprint density at radius 1 is 1.26 bits per heavy atom. The smallest absolute Gasteiger partial charge is 0.291 e. The molecule has 1 saturated carbocycles. The van der Waals surface area contributed by atoms with E-state index in [0.717, 1.165) is 17.1 Å². The van der Waals surface area contributed by atoms with E-state index in [1.54, 1.807) is 22.8 Å². The summed E-state index contributed by atoms with van der Waals surface area (Å²) >= 11 is 0. The lowest BCUT2D eigenvalue weighted by Crippen LogP contribution is -2.46. The zero-order valence-electron chi connectivity index (χ0n) is 17.7. The summed E-state index contributed by atoms with van der Waals surface area (Å²) in [6.07, 6.45) is 8.38. The van der Waals surface area contributed by atoms with Crippen molar-refractivity contribution in [2.24, 2.45) is 5.92 Å². The van der Waals surface area contributed by atoms with Gasteiger partial charge in [0.1, 0.15) is 18.2 Å². The molecule has 2 amide bonds. The normalized spacial score (nSPS) is 23.4. The first-order chi connectivity index (χ1) is 15.0. The topological polar surface area (TPSA) is 108 Å². The van der Waals surface area contributed by atoms with Crippen LogP contribution in [0, 0.1) is 12.8 Å². The van der Waals surface area contributed by atoms with Gasteiger partial charge in [-0.05, 0) is 49.8 Å². The van der Waals surface area contributed by atoms with Crippen molar-refractivity contribution in [3.63, 3.8) is 0 Å². The van der Waals surface area contributed by atoms with Crippen molar-refractivity contribution in [2.75, 3.05) is 13.6 Å². The summed E-state index contributed by atoms with van der Waals surface area (Å²) in [6.45, 7) is 3.03. The molecule has 0 radical (unpaired) electrons. The van der Waals surface area contributed by atoms with E-state index in [1.165, 1.54) is 19.2 Å². The van der Waals surface area contributed by atoms with Crippen LogP contribution in [0.3, 0.4) is 0 Å². The van der Waals surface area contributed by atoms with Crippen LogP contribution in [-0.4, -0.2) is 67.1 Å². The van der Waals surface area contributed by atoms with Gasteiger partial charge in [-0.1, -0.05) is 6.07 Å². The molecule has 2 aromatic rings. The summed E-state index contributed by atoms with van der Waals surface area (Å²) in [4.78, 5) is 35.7. The summed E-state index contributed by atoms with van der Waals surface area (Å²) in [7, 11) is 1.76. The molecule has 162 valence electrons. The number of amides is 2. The molecule has 2 aromatic heterocycles. The van der Waals surface area contributed by atoms with Crippen molar-refractivity contribution in [1.82, 2.24) is 40.4 Å². The van der Waals surface area contributed by atoms with Gasteiger partial charge in [0, 0.05) is 25.5 Å². The minimum atomic E-state index is -0.626. The van der Waals surface area contributed by atoms with Gasteiger partial charge in [0.15, 0.2) is 0 Å². The van der Waals surface area contributed by atoms with Gasteiger partial charge in [-0.25, -0.2) is 15.1 Å². The summed E-state index contributed by atoms with van der Waals surface area (Å²) < 4.78 is 1.59. The van der Waals surface area contributed by atoms with Crippen LogP contribution in [0.5, 0.6) is 0 Å². The highest BCUT2D eigenvalue weighted by Gasteiger charge is 2.40. The Hall–Kier alpha value is -3.27. The first-order valence-corrected chi connectivity index (χ1v) is 10.6. The van der Waals surface area contributed by atoms with Crippen LogP contribution in [0.2, 0.25) is 0 Å². The van der Waals surface area contributed by atoms with E-state index in [0.29, 0.717) is 31.5 Å². The molecule has 5 rings (SSSR count). The van der Waals surface area contributed by atoms with Crippen LogP contribution in [0.25, 0.3) is 0 Å². The molecule has 0 aromatic carbocycles. The Kier molecular flexibility index (Phi) is 4.93. The molecule has 2 N–H and O–H groups in total. The third-order valence-electron chi connectivity index (χ3n) is 6.02. The molecule has 1 saturated heterocycles. The molecule has 31 heavy (non-hydrogen) atoms.